The molecule has 0 amide bonds. The summed E-state index contributed by atoms with van der Waals surface area (Å²) in [5, 5.41) is 0. The van der Waals surface area contributed by atoms with Gasteiger partial charge in [0.25, 0.3) is 0 Å². The summed E-state index contributed by atoms with van der Waals surface area (Å²) >= 11 is -2.75. The minimum absolute atomic E-state index is 0.469. The quantitative estimate of drug-likeness (QED) is 0.173. The topological polar surface area (TPSA) is 0 Å². The van der Waals surface area contributed by atoms with Crippen LogP contribution >= 0.6 is 0 Å². The van der Waals surface area contributed by atoms with Crippen molar-refractivity contribution >= 4 is 3.21 Å². The van der Waals surface area contributed by atoms with E-state index < -0.39 is 21.3 Å². The molecule has 0 aliphatic heterocycles. The number of aryl methyl sites for hydroxylation is 2. The van der Waals surface area contributed by atoms with Crippen molar-refractivity contribution in [3.05, 3.63) is 150 Å². The Morgan fingerprint density at radius 2 is 1.07 bits per heavy atom. The Bertz CT molecular complexity index is 1600. The second-order valence-electron chi connectivity index (χ2n) is 11.8. The van der Waals surface area contributed by atoms with E-state index in [0.717, 1.165) is 32.1 Å². The van der Waals surface area contributed by atoms with Gasteiger partial charge < -0.3 is 0 Å². The molecule has 0 saturated heterocycles. The molecule has 0 aromatic heterocycles. The van der Waals surface area contributed by atoms with E-state index in [-0.39, 0.29) is 0 Å². The van der Waals surface area contributed by atoms with Crippen LogP contribution in [0.4, 0.5) is 0 Å². The summed E-state index contributed by atoms with van der Waals surface area (Å²) < 4.78 is 3.99. The summed E-state index contributed by atoms with van der Waals surface area (Å²) in [6, 6.07) is 37.7. The van der Waals surface area contributed by atoms with Gasteiger partial charge in [-0.15, -0.1) is 0 Å². The van der Waals surface area contributed by atoms with Gasteiger partial charge >= 0.3 is 263 Å². The normalized spacial score (nSPS) is 14.4. The molecule has 0 saturated carbocycles. The number of hydrogen-bond donors (Lipinski definition) is 0. The Morgan fingerprint density at radius 3 is 1.50 bits per heavy atom. The van der Waals surface area contributed by atoms with Crippen molar-refractivity contribution in [2.24, 2.45) is 0 Å². The Kier molecular flexibility index (Phi) is 8.88. The van der Waals surface area contributed by atoms with Crippen LogP contribution in [0.5, 0.6) is 0 Å². The second-order valence-corrected chi connectivity index (χ2v) is 17.9. The third-order valence-electron chi connectivity index (χ3n) is 9.65. The second kappa shape index (κ2) is 12.8. The molecule has 0 heterocycles. The molecule has 2 aliphatic rings. The van der Waals surface area contributed by atoms with Gasteiger partial charge in [-0.25, -0.2) is 0 Å². The van der Waals surface area contributed by atoms with Crippen molar-refractivity contribution in [2.45, 2.75) is 76.8 Å². The van der Waals surface area contributed by atoms with E-state index in [4.69, 9.17) is 0 Å². The number of allylic oxidation sites excluding steroid dienone is 4. The summed E-state index contributed by atoms with van der Waals surface area (Å²) in [7, 11) is 0. The fourth-order valence-corrected chi connectivity index (χ4v) is 17.5. The molecule has 6 rings (SSSR count). The molecule has 0 fully saturated rings. The van der Waals surface area contributed by atoms with E-state index in [1.165, 1.54) is 39.8 Å². The summed E-state index contributed by atoms with van der Waals surface area (Å²) in [4.78, 5) is 0. The van der Waals surface area contributed by atoms with E-state index in [1.807, 2.05) is 3.28 Å². The molecule has 2 aliphatic carbocycles. The molecule has 1 heteroatoms. The first-order chi connectivity index (χ1) is 20.6. The SMILES string of the molecule is CCC1=C(CC)C(CC)=[C]([Zr](=[C](c2ccccc2)c2ccccc2)[CH]2c3cc(CC)ccc3-c3ccc(CC)cc32)C1. The molecule has 0 nitrogen and oxygen atoms in total. The van der Waals surface area contributed by atoms with Gasteiger partial charge in [-0.3, -0.25) is 0 Å². The Balaban J connectivity index is 1.78. The minimum atomic E-state index is -2.75. The molecule has 0 unspecified atom stereocenters. The van der Waals surface area contributed by atoms with Gasteiger partial charge in [0, 0.05) is 0 Å². The molecule has 0 bridgehead atoms. The van der Waals surface area contributed by atoms with Gasteiger partial charge in [0.2, 0.25) is 0 Å². The Labute approximate surface area is 261 Å². The van der Waals surface area contributed by atoms with Gasteiger partial charge in [-0.1, -0.05) is 0 Å². The first-order valence-electron chi connectivity index (χ1n) is 16.2. The monoisotopic (exact) mass is 626 g/mol. The molecule has 4 aromatic rings. The van der Waals surface area contributed by atoms with Gasteiger partial charge in [0.05, 0.1) is 0 Å². The van der Waals surface area contributed by atoms with Crippen LogP contribution in [0.15, 0.2) is 117 Å². The van der Waals surface area contributed by atoms with Crippen molar-refractivity contribution in [3.8, 4) is 11.1 Å². The zero-order valence-corrected chi connectivity index (χ0v) is 28.5. The predicted octanol–water partition coefficient (Wildman–Crippen LogP) is 11.0. The first-order valence-corrected chi connectivity index (χ1v) is 20.1. The fourth-order valence-electron chi connectivity index (χ4n) is 7.58. The average molecular weight is 628 g/mol. The third kappa shape index (κ3) is 5.13. The fraction of sp³-hybridized carbons (Fsp3) is 0.293. The van der Waals surface area contributed by atoms with Crippen LogP contribution in [0.3, 0.4) is 0 Å². The average Bonchev–Trinajstić information content (AvgIpc) is 3.58. The molecule has 212 valence electrons. The first kappa shape index (κ1) is 29.2. The summed E-state index contributed by atoms with van der Waals surface area (Å²) in [5.41, 5.74) is 17.0. The molecule has 0 spiro atoms. The standard InChI is InChI=1S/C17H17.C13H10.C11H17.Zr/c1-3-12-5-7-16-14(9-12)11-15-10-13(4-2)6-8-17(15)16;1-3-7-12(8-4-1)11-13-9-5-2-6-10-13;1-4-9-7-8-10(5-2)11(9)6-3;/h5-11H,3-4H2,1-2H3;1-10H;4-7H2,1-3H3;. The number of rotatable bonds is 9. The van der Waals surface area contributed by atoms with Crippen LogP contribution in [-0.4, -0.2) is 3.21 Å². The van der Waals surface area contributed by atoms with E-state index in [1.54, 1.807) is 31.1 Å². The van der Waals surface area contributed by atoms with E-state index >= 15 is 0 Å². The van der Waals surface area contributed by atoms with Crippen molar-refractivity contribution in [3.63, 3.8) is 0 Å². The van der Waals surface area contributed by atoms with E-state index in [0.29, 0.717) is 3.63 Å². The van der Waals surface area contributed by atoms with Crippen LogP contribution in [0.1, 0.15) is 97.3 Å². The van der Waals surface area contributed by atoms with Crippen molar-refractivity contribution in [1.29, 1.82) is 0 Å². The Hall–Kier alpha value is -2.89. The molecule has 4 aromatic carbocycles. The van der Waals surface area contributed by atoms with Gasteiger partial charge in [0.1, 0.15) is 0 Å². The maximum absolute atomic E-state index is 2.75. The zero-order chi connectivity index (χ0) is 29.2. The van der Waals surface area contributed by atoms with Gasteiger partial charge in [-0.05, 0) is 0 Å². The van der Waals surface area contributed by atoms with E-state index in [2.05, 4.69) is 132 Å². The van der Waals surface area contributed by atoms with Gasteiger partial charge in [0.15, 0.2) is 0 Å². The molecular formula is C41H44Zr. The predicted molar refractivity (Wildman–Crippen MR) is 178 cm³/mol. The summed E-state index contributed by atoms with van der Waals surface area (Å²) in [6.45, 7) is 11.8. The molecule has 0 radical (unpaired) electrons. The summed E-state index contributed by atoms with van der Waals surface area (Å²) in [5.74, 6) is 0. The van der Waals surface area contributed by atoms with Crippen molar-refractivity contribution in [1.82, 2.24) is 0 Å². The Morgan fingerprint density at radius 1 is 0.571 bits per heavy atom. The van der Waals surface area contributed by atoms with E-state index in [9.17, 15) is 0 Å². The molecule has 42 heavy (non-hydrogen) atoms. The third-order valence-corrected chi connectivity index (χ3v) is 18.1. The number of benzene rings is 4. The molecule has 0 atom stereocenters. The van der Waals surface area contributed by atoms with Gasteiger partial charge in [-0.2, -0.15) is 0 Å². The van der Waals surface area contributed by atoms with Crippen LogP contribution in [-0.2, 0) is 34.1 Å². The maximum atomic E-state index is 2.59. The van der Waals surface area contributed by atoms with Crippen LogP contribution in [0.25, 0.3) is 11.1 Å². The van der Waals surface area contributed by atoms with Crippen LogP contribution in [0, 0.1) is 0 Å². The number of hydrogen-bond acceptors (Lipinski definition) is 0. The van der Waals surface area contributed by atoms with Crippen molar-refractivity contribution in [2.75, 3.05) is 0 Å². The number of fused-ring (bicyclic) bond motifs is 3. The zero-order valence-electron chi connectivity index (χ0n) is 26.1. The van der Waals surface area contributed by atoms with Crippen LogP contribution in [0.2, 0.25) is 0 Å². The molecule has 0 N–H and O–H groups in total. The van der Waals surface area contributed by atoms with Crippen molar-refractivity contribution < 1.29 is 21.3 Å². The molecular weight excluding hydrogens is 584 g/mol. The van der Waals surface area contributed by atoms with Crippen LogP contribution < -0.4 is 0 Å². The summed E-state index contributed by atoms with van der Waals surface area (Å²) in [6.07, 6.45) is 6.79.